The molecule has 0 bridgehead atoms. The SMILES string of the molecule is CCC(=O)Nc1ccc(CN)cc1C(=O)c1ccccc1. The first-order valence-corrected chi connectivity index (χ1v) is 6.88. The van der Waals surface area contributed by atoms with Gasteiger partial charge in [0.25, 0.3) is 0 Å². The maximum atomic E-state index is 12.6. The fourth-order valence-electron chi connectivity index (χ4n) is 2.00. The first-order chi connectivity index (χ1) is 10.2. The van der Waals surface area contributed by atoms with E-state index in [1.165, 1.54) is 0 Å². The normalized spacial score (nSPS) is 10.2. The number of rotatable bonds is 5. The van der Waals surface area contributed by atoms with E-state index in [1.54, 1.807) is 31.2 Å². The number of nitrogens with one attached hydrogen (secondary N) is 1. The Kier molecular flexibility index (Phi) is 4.85. The second-order valence-corrected chi connectivity index (χ2v) is 4.68. The van der Waals surface area contributed by atoms with Gasteiger partial charge in [0.15, 0.2) is 5.78 Å². The Labute approximate surface area is 124 Å². The molecule has 0 heterocycles. The van der Waals surface area contributed by atoms with Crippen molar-refractivity contribution < 1.29 is 9.59 Å². The van der Waals surface area contributed by atoms with Crippen molar-refractivity contribution in [3.05, 3.63) is 65.2 Å². The zero-order valence-corrected chi connectivity index (χ0v) is 11.9. The highest BCUT2D eigenvalue weighted by Crippen LogP contribution is 2.21. The van der Waals surface area contributed by atoms with Crippen molar-refractivity contribution in [2.75, 3.05) is 5.32 Å². The highest BCUT2D eigenvalue weighted by Gasteiger charge is 2.15. The summed E-state index contributed by atoms with van der Waals surface area (Å²) in [6.07, 6.45) is 0.359. The molecular weight excluding hydrogens is 264 g/mol. The van der Waals surface area contributed by atoms with Gasteiger partial charge >= 0.3 is 0 Å². The largest absolute Gasteiger partial charge is 0.326 e. The van der Waals surface area contributed by atoms with Crippen LogP contribution in [-0.4, -0.2) is 11.7 Å². The Bertz CT molecular complexity index is 651. The molecular formula is C17H18N2O2. The summed E-state index contributed by atoms with van der Waals surface area (Å²) in [5.74, 6) is -0.255. The summed E-state index contributed by atoms with van der Waals surface area (Å²) in [6, 6.07) is 14.3. The van der Waals surface area contributed by atoms with Crippen LogP contribution in [0.5, 0.6) is 0 Å². The molecule has 0 unspecified atom stereocenters. The van der Waals surface area contributed by atoms with Crippen molar-refractivity contribution in [3.8, 4) is 0 Å². The summed E-state index contributed by atoms with van der Waals surface area (Å²) < 4.78 is 0. The molecule has 0 saturated carbocycles. The smallest absolute Gasteiger partial charge is 0.224 e. The van der Waals surface area contributed by atoms with Crippen LogP contribution < -0.4 is 11.1 Å². The van der Waals surface area contributed by atoms with Crippen LogP contribution in [-0.2, 0) is 11.3 Å². The standard InChI is InChI=1S/C17H18N2O2/c1-2-16(20)19-15-9-8-12(11-18)10-14(15)17(21)13-6-4-3-5-7-13/h3-10H,2,11,18H2,1H3,(H,19,20). The Hall–Kier alpha value is -2.46. The van der Waals surface area contributed by atoms with Crippen LogP contribution in [0.15, 0.2) is 48.5 Å². The molecule has 0 aromatic heterocycles. The van der Waals surface area contributed by atoms with Gasteiger partial charge in [-0.25, -0.2) is 0 Å². The average molecular weight is 282 g/mol. The summed E-state index contributed by atoms with van der Waals surface area (Å²) in [4.78, 5) is 24.2. The lowest BCUT2D eigenvalue weighted by Crippen LogP contribution is -2.14. The molecule has 4 nitrogen and oxygen atoms in total. The van der Waals surface area contributed by atoms with Crippen LogP contribution >= 0.6 is 0 Å². The highest BCUT2D eigenvalue weighted by molar-refractivity contribution is 6.13. The zero-order chi connectivity index (χ0) is 15.2. The molecule has 2 rings (SSSR count). The first kappa shape index (κ1) is 14.9. The van der Waals surface area contributed by atoms with Crippen LogP contribution in [0.4, 0.5) is 5.69 Å². The Morgan fingerprint density at radius 2 is 1.81 bits per heavy atom. The van der Waals surface area contributed by atoms with Crippen LogP contribution in [0.2, 0.25) is 0 Å². The van der Waals surface area contributed by atoms with E-state index in [-0.39, 0.29) is 11.7 Å². The van der Waals surface area contributed by atoms with E-state index in [0.29, 0.717) is 29.8 Å². The molecule has 0 saturated heterocycles. The maximum Gasteiger partial charge on any atom is 0.224 e. The summed E-state index contributed by atoms with van der Waals surface area (Å²) in [7, 11) is 0. The van der Waals surface area contributed by atoms with E-state index >= 15 is 0 Å². The highest BCUT2D eigenvalue weighted by atomic mass is 16.1. The average Bonchev–Trinajstić information content (AvgIpc) is 2.55. The van der Waals surface area contributed by atoms with Gasteiger partial charge in [-0.2, -0.15) is 0 Å². The van der Waals surface area contributed by atoms with Gasteiger partial charge in [0.1, 0.15) is 0 Å². The van der Waals surface area contributed by atoms with Crippen LogP contribution in [0, 0.1) is 0 Å². The fraction of sp³-hybridized carbons (Fsp3) is 0.176. The summed E-state index contributed by atoms with van der Waals surface area (Å²) >= 11 is 0. The molecule has 0 atom stereocenters. The van der Waals surface area contributed by atoms with Crippen LogP contribution in [0.1, 0.15) is 34.8 Å². The third kappa shape index (κ3) is 3.55. The lowest BCUT2D eigenvalue weighted by Gasteiger charge is -2.11. The van der Waals surface area contributed by atoms with E-state index in [1.807, 2.05) is 24.3 Å². The molecule has 1 amide bonds. The Morgan fingerprint density at radius 3 is 2.43 bits per heavy atom. The van der Waals surface area contributed by atoms with Crippen molar-refractivity contribution in [1.29, 1.82) is 0 Å². The topological polar surface area (TPSA) is 72.2 Å². The summed E-state index contributed by atoms with van der Waals surface area (Å²) in [5, 5.41) is 2.76. The summed E-state index contributed by atoms with van der Waals surface area (Å²) in [6.45, 7) is 2.11. The molecule has 0 spiro atoms. The molecule has 0 fully saturated rings. The molecule has 3 N–H and O–H groups in total. The van der Waals surface area contributed by atoms with Crippen molar-refractivity contribution >= 4 is 17.4 Å². The third-order valence-corrected chi connectivity index (χ3v) is 3.20. The van der Waals surface area contributed by atoms with E-state index in [4.69, 9.17) is 5.73 Å². The molecule has 0 radical (unpaired) electrons. The van der Waals surface area contributed by atoms with Gasteiger partial charge in [-0.3, -0.25) is 9.59 Å². The van der Waals surface area contributed by atoms with Crippen molar-refractivity contribution in [3.63, 3.8) is 0 Å². The number of amides is 1. The molecule has 108 valence electrons. The Morgan fingerprint density at radius 1 is 1.10 bits per heavy atom. The van der Waals surface area contributed by atoms with E-state index in [9.17, 15) is 9.59 Å². The minimum absolute atomic E-state index is 0.127. The van der Waals surface area contributed by atoms with E-state index in [2.05, 4.69) is 5.32 Å². The van der Waals surface area contributed by atoms with E-state index in [0.717, 1.165) is 5.56 Å². The second-order valence-electron chi connectivity index (χ2n) is 4.68. The van der Waals surface area contributed by atoms with Crippen molar-refractivity contribution in [1.82, 2.24) is 0 Å². The third-order valence-electron chi connectivity index (χ3n) is 3.20. The van der Waals surface area contributed by atoms with Gasteiger partial charge in [0.05, 0.1) is 5.69 Å². The summed E-state index contributed by atoms with van der Waals surface area (Å²) in [5.41, 5.74) is 8.05. The lowest BCUT2D eigenvalue weighted by molar-refractivity contribution is -0.115. The molecule has 0 aliphatic heterocycles. The maximum absolute atomic E-state index is 12.6. The fourth-order valence-corrected chi connectivity index (χ4v) is 2.00. The molecule has 2 aromatic carbocycles. The number of benzene rings is 2. The predicted molar refractivity (Wildman–Crippen MR) is 83.1 cm³/mol. The molecule has 2 aromatic rings. The number of anilines is 1. The van der Waals surface area contributed by atoms with Crippen LogP contribution in [0.3, 0.4) is 0 Å². The van der Waals surface area contributed by atoms with Gasteiger partial charge in [-0.05, 0) is 17.7 Å². The number of ketones is 1. The van der Waals surface area contributed by atoms with Gasteiger partial charge in [-0.15, -0.1) is 0 Å². The van der Waals surface area contributed by atoms with Gasteiger partial charge in [0, 0.05) is 24.1 Å². The lowest BCUT2D eigenvalue weighted by atomic mass is 9.99. The van der Waals surface area contributed by atoms with Crippen molar-refractivity contribution in [2.45, 2.75) is 19.9 Å². The van der Waals surface area contributed by atoms with E-state index < -0.39 is 0 Å². The van der Waals surface area contributed by atoms with Gasteiger partial charge in [0.2, 0.25) is 5.91 Å². The van der Waals surface area contributed by atoms with Gasteiger partial charge in [-0.1, -0.05) is 43.3 Å². The quantitative estimate of drug-likeness (QED) is 0.828. The Balaban J connectivity index is 2.44. The number of hydrogen-bond donors (Lipinski definition) is 2. The second kappa shape index (κ2) is 6.81. The predicted octanol–water partition coefficient (Wildman–Crippen LogP) is 2.72. The monoisotopic (exact) mass is 282 g/mol. The van der Waals surface area contributed by atoms with Crippen molar-refractivity contribution in [2.24, 2.45) is 5.73 Å². The zero-order valence-electron chi connectivity index (χ0n) is 11.9. The first-order valence-electron chi connectivity index (χ1n) is 6.88. The number of hydrogen-bond acceptors (Lipinski definition) is 3. The van der Waals surface area contributed by atoms with Crippen LogP contribution in [0.25, 0.3) is 0 Å². The minimum Gasteiger partial charge on any atom is -0.326 e. The molecule has 0 aliphatic rings. The van der Waals surface area contributed by atoms with Gasteiger partial charge < -0.3 is 11.1 Å². The molecule has 4 heteroatoms. The minimum atomic E-state index is -0.127. The molecule has 21 heavy (non-hydrogen) atoms. The number of carbonyl (C=O) groups excluding carboxylic acids is 2. The number of carbonyl (C=O) groups is 2. The number of nitrogens with two attached hydrogens (primary N) is 1. The molecule has 0 aliphatic carbocycles.